The van der Waals surface area contributed by atoms with E-state index >= 15 is 0 Å². The third kappa shape index (κ3) is 3.28. The molecule has 1 aromatic rings. The smallest absolute Gasteiger partial charge is 0.294 e. The number of hydrogen-bond donors (Lipinski definition) is 2. The van der Waals surface area contributed by atoms with Crippen molar-refractivity contribution in [2.75, 3.05) is 0 Å². The van der Waals surface area contributed by atoms with Crippen LogP contribution < -0.4 is 0 Å². The van der Waals surface area contributed by atoms with Gasteiger partial charge in [-0.05, 0) is 28.5 Å². The van der Waals surface area contributed by atoms with Gasteiger partial charge in [0, 0.05) is 5.56 Å². The number of phenols is 1. The van der Waals surface area contributed by atoms with Crippen LogP contribution in [0.25, 0.3) is 0 Å². The van der Waals surface area contributed by atoms with Crippen molar-refractivity contribution in [1.29, 1.82) is 0 Å². The second-order valence-electron chi connectivity index (χ2n) is 6.81. The van der Waals surface area contributed by atoms with Gasteiger partial charge < -0.3 is 5.11 Å². The molecule has 0 aliphatic carbocycles. The molecule has 108 valence electrons. The van der Waals surface area contributed by atoms with Crippen molar-refractivity contribution in [3.63, 3.8) is 0 Å². The molecule has 1 aromatic carbocycles. The standard InChI is InChI=1S/C14H22O4S/c1-13(2,3)11-9(15)7-8-10(19(16,17)18)12(11)14(4,5)6/h7-8,15H,1-6H3,(H,16,17,18). The van der Waals surface area contributed by atoms with Gasteiger partial charge in [0.25, 0.3) is 10.1 Å². The molecule has 0 heterocycles. The topological polar surface area (TPSA) is 74.6 Å². The number of hydrogen-bond acceptors (Lipinski definition) is 3. The Morgan fingerprint density at radius 2 is 1.32 bits per heavy atom. The molecule has 0 fully saturated rings. The van der Waals surface area contributed by atoms with E-state index in [0.29, 0.717) is 11.1 Å². The van der Waals surface area contributed by atoms with E-state index in [1.165, 1.54) is 12.1 Å². The summed E-state index contributed by atoms with van der Waals surface area (Å²) in [6.45, 7) is 11.2. The van der Waals surface area contributed by atoms with Gasteiger partial charge in [0.15, 0.2) is 0 Å². The Morgan fingerprint density at radius 3 is 1.63 bits per heavy atom. The van der Waals surface area contributed by atoms with Gasteiger partial charge in [-0.1, -0.05) is 41.5 Å². The summed E-state index contributed by atoms with van der Waals surface area (Å²) in [6, 6.07) is 2.57. The van der Waals surface area contributed by atoms with Crippen molar-refractivity contribution in [2.45, 2.75) is 57.3 Å². The Kier molecular flexibility index (Phi) is 3.78. The van der Waals surface area contributed by atoms with Gasteiger partial charge in [-0.3, -0.25) is 4.55 Å². The zero-order valence-electron chi connectivity index (χ0n) is 12.3. The largest absolute Gasteiger partial charge is 0.508 e. The summed E-state index contributed by atoms with van der Waals surface area (Å²) >= 11 is 0. The molecular weight excluding hydrogens is 264 g/mol. The zero-order chi connectivity index (χ0) is 15.2. The van der Waals surface area contributed by atoms with Crippen LogP contribution in [-0.2, 0) is 20.9 Å². The summed E-state index contributed by atoms with van der Waals surface area (Å²) in [5.74, 6) is 0.0461. The molecule has 0 spiro atoms. The van der Waals surface area contributed by atoms with Gasteiger partial charge in [0.05, 0.1) is 4.90 Å². The minimum Gasteiger partial charge on any atom is -0.508 e. The molecule has 0 bridgehead atoms. The van der Waals surface area contributed by atoms with Crippen LogP contribution in [0.4, 0.5) is 0 Å². The van der Waals surface area contributed by atoms with Gasteiger partial charge >= 0.3 is 0 Å². The van der Waals surface area contributed by atoms with Crippen molar-refractivity contribution in [3.05, 3.63) is 23.3 Å². The van der Waals surface area contributed by atoms with E-state index in [9.17, 15) is 18.1 Å². The summed E-state index contributed by atoms with van der Waals surface area (Å²) in [7, 11) is -4.33. The average Bonchev–Trinajstić information content (AvgIpc) is 2.11. The highest BCUT2D eigenvalue weighted by Crippen LogP contribution is 2.42. The van der Waals surface area contributed by atoms with Crippen molar-refractivity contribution >= 4 is 10.1 Å². The highest BCUT2D eigenvalue weighted by molar-refractivity contribution is 7.85. The maximum absolute atomic E-state index is 11.6. The van der Waals surface area contributed by atoms with E-state index in [0.717, 1.165) is 0 Å². The third-order valence-corrected chi connectivity index (χ3v) is 3.82. The lowest BCUT2D eigenvalue weighted by Crippen LogP contribution is -2.25. The average molecular weight is 286 g/mol. The lowest BCUT2D eigenvalue weighted by atomic mass is 9.75. The van der Waals surface area contributed by atoms with Crippen molar-refractivity contribution in [2.24, 2.45) is 0 Å². The molecular formula is C14H22O4S. The van der Waals surface area contributed by atoms with Gasteiger partial charge in [-0.15, -0.1) is 0 Å². The Balaban J connectivity index is 3.93. The van der Waals surface area contributed by atoms with Crippen LogP contribution in [-0.4, -0.2) is 18.1 Å². The minimum absolute atomic E-state index is 0.0461. The molecule has 0 saturated carbocycles. The molecule has 5 heteroatoms. The summed E-state index contributed by atoms with van der Waals surface area (Å²) in [6.07, 6.45) is 0. The van der Waals surface area contributed by atoms with Crippen molar-refractivity contribution in [3.8, 4) is 5.75 Å². The highest BCUT2D eigenvalue weighted by Gasteiger charge is 2.33. The SMILES string of the molecule is CC(C)(C)c1c(O)ccc(S(=O)(=O)O)c1C(C)(C)C. The summed E-state index contributed by atoms with van der Waals surface area (Å²) in [5.41, 5.74) is 0.0532. The first-order chi connectivity index (χ1) is 8.26. The van der Waals surface area contributed by atoms with E-state index in [1.54, 1.807) is 0 Å². The molecule has 4 nitrogen and oxygen atoms in total. The van der Waals surface area contributed by atoms with Crippen LogP contribution in [0.5, 0.6) is 5.75 Å². The molecule has 19 heavy (non-hydrogen) atoms. The van der Waals surface area contributed by atoms with Crippen molar-refractivity contribution in [1.82, 2.24) is 0 Å². The third-order valence-electron chi connectivity index (χ3n) is 2.92. The predicted molar refractivity (Wildman–Crippen MR) is 75.3 cm³/mol. The zero-order valence-corrected chi connectivity index (χ0v) is 13.1. The van der Waals surface area contributed by atoms with E-state index < -0.39 is 20.9 Å². The molecule has 0 aliphatic heterocycles. The Morgan fingerprint density at radius 1 is 0.895 bits per heavy atom. The van der Waals surface area contributed by atoms with Gasteiger partial charge in [0.1, 0.15) is 5.75 Å². The second kappa shape index (κ2) is 4.49. The van der Waals surface area contributed by atoms with E-state index in [2.05, 4.69) is 0 Å². The molecule has 0 saturated heterocycles. The van der Waals surface area contributed by atoms with Crippen LogP contribution in [0.1, 0.15) is 52.7 Å². The fourth-order valence-electron chi connectivity index (χ4n) is 2.29. The summed E-state index contributed by atoms with van der Waals surface area (Å²) in [4.78, 5) is -0.136. The lowest BCUT2D eigenvalue weighted by Gasteiger charge is -2.32. The molecule has 0 aromatic heterocycles. The normalized spacial score (nSPS) is 13.6. The van der Waals surface area contributed by atoms with Crippen LogP contribution in [0.15, 0.2) is 17.0 Å². The maximum atomic E-state index is 11.6. The highest BCUT2D eigenvalue weighted by atomic mass is 32.2. The fraction of sp³-hybridized carbons (Fsp3) is 0.571. The molecule has 0 atom stereocenters. The van der Waals surface area contributed by atoms with Crippen LogP contribution >= 0.6 is 0 Å². The molecule has 0 amide bonds. The Bertz CT molecular complexity index is 587. The van der Waals surface area contributed by atoms with Gasteiger partial charge in [0.2, 0.25) is 0 Å². The van der Waals surface area contributed by atoms with Crippen LogP contribution in [0.3, 0.4) is 0 Å². The lowest BCUT2D eigenvalue weighted by molar-refractivity contribution is 0.428. The Hall–Kier alpha value is -1.07. The van der Waals surface area contributed by atoms with Gasteiger partial charge in [-0.25, -0.2) is 0 Å². The fourth-order valence-corrected chi connectivity index (χ4v) is 3.20. The quantitative estimate of drug-likeness (QED) is 0.777. The van der Waals surface area contributed by atoms with E-state index in [1.807, 2.05) is 41.5 Å². The number of phenolic OH excluding ortho intramolecular Hbond substituents is 1. The van der Waals surface area contributed by atoms with Crippen molar-refractivity contribution < 1.29 is 18.1 Å². The van der Waals surface area contributed by atoms with Gasteiger partial charge in [-0.2, -0.15) is 8.42 Å². The first-order valence-electron chi connectivity index (χ1n) is 6.10. The predicted octanol–water partition coefficient (Wildman–Crippen LogP) is 3.23. The van der Waals surface area contributed by atoms with E-state index in [4.69, 9.17) is 0 Å². The number of benzene rings is 1. The van der Waals surface area contributed by atoms with E-state index in [-0.39, 0.29) is 10.6 Å². The molecule has 1 rings (SSSR count). The molecule has 2 N–H and O–H groups in total. The number of aromatic hydroxyl groups is 1. The molecule has 0 radical (unpaired) electrons. The summed E-state index contributed by atoms with van der Waals surface area (Å²) in [5, 5.41) is 10.1. The number of rotatable bonds is 1. The minimum atomic E-state index is -4.33. The summed E-state index contributed by atoms with van der Waals surface area (Å²) < 4.78 is 32.5. The second-order valence-corrected chi connectivity index (χ2v) is 8.20. The van der Waals surface area contributed by atoms with Crippen LogP contribution in [0, 0.1) is 0 Å². The first kappa shape index (κ1) is 16.0. The first-order valence-corrected chi connectivity index (χ1v) is 7.54. The molecule has 0 unspecified atom stereocenters. The van der Waals surface area contributed by atoms with Crippen LogP contribution in [0.2, 0.25) is 0 Å². The Labute approximate surface area is 115 Å². The monoisotopic (exact) mass is 286 g/mol. The maximum Gasteiger partial charge on any atom is 0.294 e. The molecule has 0 aliphatic rings.